The van der Waals surface area contributed by atoms with Crippen LogP contribution in [0.15, 0.2) is 121 Å². The van der Waals surface area contributed by atoms with E-state index in [1.165, 1.54) is 29.8 Å². The molecule has 15 heteroatoms. The summed E-state index contributed by atoms with van der Waals surface area (Å²) in [6.07, 6.45) is 10.2. The number of benzene rings is 4. The molecule has 0 unspecified atom stereocenters. The van der Waals surface area contributed by atoms with Gasteiger partial charge in [0.15, 0.2) is 0 Å². The zero-order valence-electron chi connectivity index (χ0n) is 49.5. The number of halogens is 2. The summed E-state index contributed by atoms with van der Waals surface area (Å²) in [4.78, 5) is 72.9. The molecule has 4 heterocycles. The Morgan fingerprint density at radius 3 is 1.37 bits per heavy atom. The van der Waals surface area contributed by atoms with Crippen molar-refractivity contribution in [2.24, 2.45) is 5.92 Å². The van der Waals surface area contributed by atoms with E-state index in [9.17, 15) is 32.8 Å². The highest BCUT2D eigenvalue weighted by atomic mass is 19.1. The lowest BCUT2D eigenvalue weighted by Crippen LogP contribution is -2.51. The average Bonchev–Trinajstić information content (AvgIpc) is 3.18. The van der Waals surface area contributed by atoms with Crippen LogP contribution in [0.4, 0.5) is 13.6 Å². The van der Waals surface area contributed by atoms with Crippen LogP contribution < -0.4 is 10.6 Å². The van der Waals surface area contributed by atoms with Crippen molar-refractivity contribution in [3.05, 3.63) is 178 Å². The average molecular weight is 1130 g/mol. The third kappa shape index (κ3) is 15.6. The second-order valence-electron chi connectivity index (χ2n) is 24.3. The van der Waals surface area contributed by atoms with Crippen LogP contribution in [-0.4, -0.2) is 110 Å². The Hall–Kier alpha value is -7.55. The molecule has 0 spiro atoms. The summed E-state index contributed by atoms with van der Waals surface area (Å²) in [7, 11) is 0. The summed E-state index contributed by atoms with van der Waals surface area (Å²) in [6, 6.07) is 34.9. The number of hydrogen-bond donors (Lipinski definition) is 2. The maximum absolute atomic E-state index is 13.8. The van der Waals surface area contributed by atoms with Crippen LogP contribution in [0.25, 0.3) is 11.4 Å². The molecular formula is C68H83F2N7O6. The topological polar surface area (TPSA) is 138 Å². The maximum Gasteiger partial charge on any atom is 0.410 e. The van der Waals surface area contributed by atoms with Gasteiger partial charge in [-0.3, -0.25) is 19.2 Å². The van der Waals surface area contributed by atoms with Gasteiger partial charge in [-0.05, 0) is 239 Å². The van der Waals surface area contributed by atoms with Crippen LogP contribution >= 0.6 is 0 Å². The smallest absolute Gasteiger partial charge is 0.410 e. The lowest BCUT2D eigenvalue weighted by Gasteiger charge is -2.32. The Balaban J connectivity index is 0.000000202. The molecular weight excluding hydrogens is 1050 g/mol. The molecule has 0 bridgehead atoms. The lowest BCUT2D eigenvalue weighted by molar-refractivity contribution is -0.135. The number of carbonyl (C=O) groups excluding carboxylic acids is 5. The zero-order valence-corrected chi connectivity index (χ0v) is 49.5. The Morgan fingerprint density at radius 1 is 0.542 bits per heavy atom. The second-order valence-corrected chi connectivity index (χ2v) is 24.3. The number of carbonyl (C=O) groups is 5. The van der Waals surface area contributed by atoms with E-state index in [1.807, 2.05) is 92.9 Å². The molecule has 440 valence electrons. The molecule has 0 radical (unpaired) electrons. The van der Waals surface area contributed by atoms with E-state index >= 15 is 0 Å². The van der Waals surface area contributed by atoms with Gasteiger partial charge in [0, 0.05) is 90.0 Å². The highest BCUT2D eigenvalue weighted by Gasteiger charge is 2.46. The van der Waals surface area contributed by atoms with Gasteiger partial charge in [-0.25, -0.2) is 13.6 Å². The Labute approximate surface area is 488 Å². The summed E-state index contributed by atoms with van der Waals surface area (Å²) in [5.74, 6) is -0.0459. The summed E-state index contributed by atoms with van der Waals surface area (Å²) in [6.45, 7) is 16.7. The highest BCUT2D eigenvalue weighted by molar-refractivity contribution is 5.98. The molecule has 2 aliphatic heterocycles. The van der Waals surface area contributed by atoms with Crippen LogP contribution in [0.1, 0.15) is 164 Å². The number of piperidine rings is 2. The molecule has 83 heavy (non-hydrogen) atoms. The van der Waals surface area contributed by atoms with E-state index in [-0.39, 0.29) is 60.2 Å². The fourth-order valence-electron chi connectivity index (χ4n) is 12.2. The zero-order chi connectivity index (χ0) is 59.0. The normalized spacial score (nSPS) is 19.1. The number of hydrogen-bond acceptors (Lipinski definition) is 6. The van der Waals surface area contributed by atoms with Crippen molar-refractivity contribution in [2.75, 3.05) is 32.7 Å². The third-order valence-corrected chi connectivity index (χ3v) is 16.9. The van der Waals surface area contributed by atoms with Crippen LogP contribution in [0.2, 0.25) is 0 Å². The first kappa shape index (κ1) is 60.1. The van der Waals surface area contributed by atoms with Crippen molar-refractivity contribution in [1.29, 1.82) is 0 Å². The molecule has 2 N–H and O–H groups in total. The van der Waals surface area contributed by atoms with E-state index < -0.39 is 23.8 Å². The van der Waals surface area contributed by atoms with Crippen molar-refractivity contribution in [3.8, 4) is 11.4 Å². The van der Waals surface area contributed by atoms with Gasteiger partial charge >= 0.3 is 6.09 Å². The Kier molecular flexibility index (Phi) is 19.4. The molecule has 2 saturated carbocycles. The Bertz CT molecular complexity index is 3150. The molecule has 4 fully saturated rings. The molecule has 4 aliphatic rings. The molecule has 5 amide bonds. The van der Waals surface area contributed by atoms with Gasteiger partial charge in [0.05, 0.1) is 0 Å². The molecule has 10 rings (SSSR count). The Morgan fingerprint density at radius 2 is 0.952 bits per heavy atom. The van der Waals surface area contributed by atoms with Crippen molar-refractivity contribution < 1.29 is 37.5 Å². The summed E-state index contributed by atoms with van der Waals surface area (Å²) in [5, 5.41) is 6.07. The van der Waals surface area contributed by atoms with Gasteiger partial charge < -0.3 is 39.2 Å². The molecule has 4 aromatic carbocycles. The SMILES string of the molecule is Cc1ccc(C)n1-c1ccc(C(=O)N[C@@H](CCC[C@@H]2C[C@H]2c2ccc(F)cc2)C(=O)N2CCCCC2)cc1.Cc1ccc(C)n1-c1ccc(C(=O)N[C@@H](CCN(C(=O)OC(C)(C)C)[C@@H]2C[C@H]2c2ccc(F)cc2)C(=O)N2CCCCC2)cc1. The van der Waals surface area contributed by atoms with E-state index in [4.69, 9.17) is 4.74 Å². The molecule has 6 atom stereocenters. The first-order valence-corrected chi connectivity index (χ1v) is 30.0. The van der Waals surface area contributed by atoms with Crippen LogP contribution in [0, 0.1) is 45.2 Å². The summed E-state index contributed by atoms with van der Waals surface area (Å²) < 4.78 is 36.9. The van der Waals surface area contributed by atoms with E-state index in [0.29, 0.717) is 48.9 Å². The van der Waals surface area contributed by atoms with Gasteiger partial charge in [0.25, 0.3) is 11.8 Å². The van der Waals surface area contributed by atoms with Crippen molar-refractivity contribution in [1.82, 2.24) is 34.5 Å². The molecule has 2 saturated heterocycles. The van der Waals surface area contributed by atoms with E-state index in [0.717, 1.165) is 111 Å². The number of ether oxygens (including phenoxy) is 1. The number of aryl methyl sites for hydroxylation is 4. The first-order valence-electron chi connectivity index (χ1n) is 30.0. The fraction of sp³-hybridized carbons (Fsp3) is 0.456. The van der Waals surface area contributed by atoms with Crippen molar-refractivity contribution in [2.45, 2.75) is 161 Å². The fourth-order valence-corrected chi connectivity index (χ4v) is 12.2. The number of likely N-dealkylation sites (tertiary alicyclic amines) is 2. The number of nitrogens with one attached hydrogen (secondary N) is 2. The second kappa shape index (κ2) is 26.8. The minimum absolute atomic E-state index is 0.0409. The molecule has 6 aromatic rings. The van der Waals surface area contributed by atoms with Crippen LogP contribution in [-0.2, 0) is 14.3 Å². The quantitative estimate of drug-likeness (QED) is 0.0879. The van der Waals surface area contributed by atoms with Gasteiger partial charge in [-0.2, -0.15) is 0 Å². The molecule has 2 aromatic heterocycles. The van der Waals surface area contributed by atoms with E-state index in [2.05, 4.69) is 57.9 Å². The summed E-state index contributed by atoms with van der Waals surface area (Å²) >= 11 is 0. The maximum atomic E-state index is 13.8. The van der Waals surface area contributed by atoms with Gasteiger partial charge in [-0.1, -0.05) is 30.7 Å². The molecule has 2 aliphatic carbocycles. The number of aromatic nitrogens is 2. The first-order chi connectivity index (χ1) is 39.8. The number of amides is 5. The lowest BCUT2D eigenvalue weighted by atomic mass is 10.0. The largest absolute Gasteiger partial charge is 0.444 e. The minimum atomic E-state index is -0.808. The molecule has 13 nitrogen and oxygen atoms in total. The highest BCUT2D eigenvalue weighted by Crippen LogP contribution is 2.50. The monoisotopic (exact) mass is 1130 g/mol. The van der Waals surface area contributed by atoms with Crippen molar-refractivity contribution >= 4 is 29.7 Å². The minimum Gasteiger partial charge on any atom is -0.444 e. The predicted molar refractivity (Wildman–Crippen MR) is 320 cm³/mol. The van der Waals surface area contributed by atoms with Gasteiger partial charge in [0.1, 0.15) is 29.3 Å². The summed E-state index contributed by atoms with van der Waals surface area (Å²) in [5.41, 5.74) is 8.93. The van der Waals surface area contributed by atoms with Gasteiger partial charge in [-0.15, -0.1) is 0 Å². The van der Waals surface area contributed by atoms with E-state index in [1.54, 1.807) is 29.2 Å². The van der Waals surface area contributed by atoms with Gasteiger partial charge in [0.2, 0.25) is 11.8 Å². The number of nitrogens with zero attached hydrogens (tertiary/aromatic N) is 5. The van der Waals surface area contributed by atoms with Crippen molar-refractivity contribution in [3.63, 3.8) is 0 Å². The standard InChI is InChI=1S/C36H45FN4O4.C32H38FN3O2/c1-24-9-10-25(2)41(24)29-17-13-27(14-18-29)33(42)38-31(34(43)39-20-7-6-8-21-39)19-22-40(35(44)45-36(3,4)5)32-23-30(32)26-11-15-28(37)16-12-26;1-22-9-10-23(2)36(22)28-17-13-25(14-18-28)31(37)34-30(32(38)35-19-4-3-5-20-35)8-6-7-26-21-29(26)24-11-15-27(33)16-12-24/h9-18,30-32H,6-8,19-23H2,1-5H3,(H,38,42);9-18,26,29-30H,3-8,19-21H2,1-2H3,(H,34,37)/t30-,31-,32+;26-,29+,30+/m01/s1. The third-order valence-electron chi connectivity index (χ3n) is 16.9. The van der Waals surface area contributed by atoms with Crippen LogP contribution in [0.3, 0.4) is 0 Å². The number of rotatable bonds is 18. The van der Waals surface area contributed by atoms with Crippen LogP contribution in [0.5, 0.6) is 0 Å². The predicted octanol–water partition coefficient (Wildman–Crippen LogP) is 12.8.